The molecule has 7 heterocycles. The lowest BCUT2D eigenvalue weighted by Crippen LogP contribution is -2.41. The molecule has 3 aliphatic carbocycles. The van der Waals surface area contributed by atoms with E-state index >= 15 is 0 Å². The van der Waals surface area contributed by atoms with Crippen molar-refractivity contribution in [3.63, 3.8) is 0 Å². The van der Waals surface area contributed by atoms with Crippen LogP contribution in [0.1, 0.15) is 140 Å². The molecule has 0 unspecified atom stereocenters. The number of benzene rings is 3. The first kappa shape index (κ1) is 65.7. The third kappa shape index (κ3) is 13.4. The third-order valence-electron chi connectivity index (χ3n) is 18.8. The summed E-state index contributed by atoms with van der Waals surface area (Å²) >= 11 is 2.93. The van der Waals surface area contributed by atoms with Gasteiger partial charge in [0.15, 0.2) is 34.5 Å². The minimum Gasteiger partial charge on any atom is -0.399 e. The predicted molar refractivity (Wildman–Crippen MR) is 357 cm³/mol. The molecular formula is C69H75BBrF3N12O5. The van der Waals surface area contributed by atoms with E-state index in [-0.39, 0.29) is 47.5 Å². The second kappa shape index (κ2) is 26.9. The maximum Gasteiger partial charge on any atom is 0.496 e. The van der Waals surface area contributed by atoms with E-state index in [1.807, 2.05) is 63.5 Å². The summed E-state index contributed by atoms with van der Waals surface area (Å²) in [7, 11) is -0.454. The van der Waals surface area contributed by atoms with Crippen molar-refractivity contribution >= 4 is 95.3 Å². The Morgan fingerprint density at radius 2 is 0.802 bits per heavy atom. The van der Waals surface area contributed by atoms with Gasteiger partial charge in [-0.15, -0.1) is 0 Å². The summed E-state index contributed by atoms with van der Waals surface area (Å²) in [6, 6.07) is 12.5. The topological polar surface area (TPSA) is 224 Å². The number of nitrogens with two attached hydrogens (primary N) is 3. The molecule has 22 heteroatoms. The molecule has 13 rings (SSSR count). The van der Waals surface area contributed by atoms with Gasteiger partial charge in [-0.3, -0.25) is 15.0 Å². The van der Waals surface area contributed by atoms with E-state index in [2.05, 4.69) is 99.1 Å². The van der Waals surface area contributed by atoms with Crippen LogP contribution in [-0.2, 0) is 9.31 Å². The zero-order valence-electron chi connectivity index (χ0n) is 52.1. The highest BCUT2D eigenvalue weighted by Gasteiger charge is 2.52. The van der Waals surface area contributed by atoms with Gasteiger partial charge in [0.2, 0.25) is 0 Å². The number of aliphatic hydroxyl groups excluding tert-OH is 3. The van der Waals surface area contributed by atoms with Crippen molar-refractivity contribution in [2.75, 3.05) is 17.2 Å². The third-order valence-corrected chi connectivity index (χ3v) is 19.3. The number of aliphatic hydroxyl groups is 3. The predicted octanol–water partition coefficient (Wildman–Crippen LogP) is 15.4. The van der Waals surface area contributed by atoms with Crippen LogP contribution in [0.15, 0.2) is 96.6 Å². The molecule has 6 aromatic heterocycles. The summed E-state index contributed by atoms with van der Waals surface area (Å²) in [4.78, 5) is 22.6. The van der Waals surface area contributed by atoms with E-state index in [0.29, 0.717) is 49.8 Å². The van der Waals surface area contributed by atoms with Crippen molar-refractivity contribution in [2.24, 2.45) is 0 Å². The van der Waals surface area contributed by atoms with Crippen LogP contribution in [0.5, 0.6) is 0 Å². The second-order valence-electron chi connectivity index (χ2n) is 25.4. The smallest absolute Gasteiger partial charge is 0.399 e. The van der Waals surface area contributed by atoms with E-state index in [9.17, 15) is 28.5 Å². The number of pyridine rings is 3. The van der Waals surface area contributed by atoms with Gasteiger partial charge < -0.3 is 55.5 Å². The molecule has 17 nitrogen and oxygen atoms in total. The number of hydrogen-bond donors (Lipinski definition) is 6. The molecule has 472 valence electrons. The summed E-state index contributed by atoms with van der Waals surface area (Å²) in [5.74, 6) is -1.44. The molecule has 4 fully saturated rings. The molecule has 0 amide bonds. The van der Waals surface area contributed by atoms with Crippen molar-refractivity contribution in [1.82, 2.24) is 28.7 Å². The number of halogens is 4. The van der Waals surface area contributed by atoms with Gasteiger partial charge in [0.1, 0.15) is 0 Å². The zero-order chi connectivity index (χ0) is 65.4. The fourth-order valence-corrected chi connectivity index (χ4v) is 13.1. The highest BCUT2D eigenvalue weighted by atomic mass is 79.9. The van der Waals surface area contributed by atoms with Gasteiger partial charge >= 0.3 is 7.12 Å². The highest BCUT2D eigenvalue weighted by Crippen LogP contribution is 2.44. The van der Waals surface area contributed by atoms with E-state index in [0.717, 1.165) is 132 Å². The van der Waals surface area contributed by atoms with Gasteiger partial charge in [-0.1, -0.05) is 0 Å². The van der Waals surface area contributed by atoms with Crippen LogP contribution in [0.3, 0.4) is 0 Å². The second-order valence-corrected chi connectivity index (χ2v) is 26.2. The monoisotopic (exact) mass is 1300 g/mol. The van der Waals surface area contributed by atoms with Gasteiger partial charge in [-0.25, -0.2) is 27.7 Å². The molecule has 91 heavy (non-hydrogen) atoms. The van der Waals surface area contributed by atoms with Gasteiger partial charge in [-0.05, 0) is 211 Å². The summed E-state index contributed by atoms with van der Waals surface area (Å²) in [6.07, 6.45) is 23.6. The number of nitrogen functional groups attached to an aromatic ring is 3. The van der Waals surface area contributed by atoms with Crippen molar-refractivity contribution in [3.05, 3.63) is 165 Å². The summed E-state index contributed by atoms with van der Waals surface area (Å²) in [5.41, 5.74) is 26.5. The maximum atomic E-state index is 14.7. The Morgan fingerprint density at radius 1 is 0.484 bits per heavy atom. The number of hydrogen-bond acceptors (Lipinski definition) is 11. The highest BCUT2D eigenvalue weighted by molar-refractivity contribution is 9.10. The zero-order valence-corrected chi connectivity index (χ0v) is 53.7. The lowest BCUT2D eigenvalue weighted by atomic mass is 9.79. The Balaban J connectivity index is 0.000000140. The number of nitrogens with zero attached hydrogens (tertiary/aromatic N) is 9. The fraction of sp³-hybridized carbons (Fsp3) is 0.391. The first-order valence-electron chi connectivity index (χ1n) is 30.6. The molecule has 0 radical (unpaired) electrons. The number of aromatic nitrogens is 6. The first-order valence-corrected chi connectivity index (χ1v) is 31.4. The summed E-state index contributed by atoms with van der Waals surface area (Å²) < 4.78 is 61.5. The van der Waals surface area contributed by atoms with Crippen LogP contribution >= 0.6 is 15.9 Å². The van der Waals surface area contributed by atoms with Crippen LogP contribution in [0, 0.1) is 57.9 Å². The normalized spacial score (nSPS) is 20.9. The standard InChI is InChI=1S/C22H29BN2O3.2C21H21FN4O.C5H4BrFN2/c1-14-11-20-17(12-19(14)24-6)18(23-27-21(2,3)22(4,5)28-23)13-25(20)15-7-9-16(26)10-8-15;2*1-12-7-20-15(8-19(12)24-2)17(16-9-25-10-18(23)21(16)22)11-26(20)13-3-5-14(27)6-4-13;6-3-1-9-2-4(8)5(3)7/h11-13,15-16,26H,7-10H2,1-5H3;2*7-11,13-14,27H,3-6,23H2,1H3;1-2H,8H2. The molecule has 3 saturated carbocycles. The summed E-state index contributed by atoms with van der Waals surface area (Å²) in [5, 5.41) is 32.3. The van der Waals surface area contributed by atoms with Crippen molar-refractivity contribution in [3.8, 4) is 22.3 Å². The first-order chi connectivity index (χ1) is 43.3. The molecule has 1 aliphatic heterocycles. The molecule has 0 bridgehead atoms. The van der Waals surface area contributed by atoms with Gasteiger partial charge in [0.25, 0.3) is 0 Å². The number of anilines is 3. The van der Waals surface area contributed by atoms with Crippen LogP contribution in [0.4, 0.5) is 47.3 Å². The Bertz CT molecular complexity index is 4120. The Labute approximate surface area is 536 Å². The lowest BCUT2D eigenvalue weighted by molar-refractivity contribution is 0.00578. The van der Waals surface area contributed by atoms with Crippen molar-refractivity contribution in [2.45, 2.75) is 173 Å². The molecule has 0 spiro atoms. The van der Waals surface area contributed by atoms with E-state index in [1.165, 1.54) is 37.2 Å². The number of fused-ring (bicyclic) bond motifs is 3. The Kier molecular flexibility index (Phi) is 19.4. The quantitative estimate of drug-likeness (QED) is 0.0678. The minimum absolute atomic E-state index is 0.00621. The molecule has 9 N–H and O–H groups in total. The van der Waals surface area contributed by atoms with Gasteiger partial charge in [-0.2, -0.15) is 0 Å². The van der Waals surface area contributed by atoms with E-state index < -0.39 is 35.8 Å². The molecule has 3 aromatic carbocycles. The largest absolute Gasteiger partial charge is 0.496 e. The van der Waals surface area contributed by atoms with Crippen LogP contribution < -0.4 is 22.7 Å². The van der Waals surface area contributed by atoms with Crippen molar-refractivity contribution < 1.29 is 37.8 Å². The minimum atomic E-state index is -0.493. The SMILES string of the molecule is Nc1cncc(Br)c1F.[C-]#[N+]c1cc2c(-c3cncc(N)c3F)cn(C3CCC(O)CC3)c2cc1C.[C-]#[N+]c1cc2c(-c3cncc(N)c3F)cn(C3CCC(O)CC3)c2cc1C.[C-]#[N+]c1cc2c(B3OC(C)(C)C(C)(C)O3)cn(C3CCC(O)CC3)c2cc1C. The van der Waals surface area contributed by atoms with Crippen LogP contribution in [-0.4, -0.2) is 80.6 Å². The molecule has 0 atom stereocenters. The molecular weight excluding hydrogens is 1220 g/mol. The molecule has 4 aliphatic rings. The van der Waals surface area contributed by atoms with E-state index in [1.54, 1.807) is 0 Å². The summed E-state index contributed by atoms with van der Waals surface area (Å²) in [6.45, 7) is 36.4. The van der Waals surface area contributed by atoms with E-state index in [4.69, 9.17) is 46.2 Å². The fourth-order valence-electron chi connectivity index (χ4n) is 12.8. The number of aryl methyl sites for hydroxylation is 3. The molecule has 1 saturated heterocycles. The van der Waals surface area contributed by atoms with Gasteiger partial charge in [0, 0.05) is 99.6 Å². The van der Waals surface area contributed by atoms with Gasteiger partial charge in [0.05, 0.1) is 89.4 Å². The average molecular weight is 1300 g/mol. The Morgan fingerprint density at radius 3 is 1.14 bits per heavy atom. The Hall–Kier alpha value is -8.27. The average Bonchev–Trinajstić information content (AvgIpc) is 1.61. The van der Waals surface area contributed by atoms with Crippen LogP contribution in [0.2, 0.25) is 0 Å². The van der Waals surface area contributed by atoms with Crippen molar-refractivity contribution in [1.29, 1.82) is 0 Å². The number of rotatable bonds is 6. The maximum absolute atomic E-state index is 14.7. The van der Waals surface area contributed by atoms with Crippen LogP contribution in [0.25, 0.3) is 69.5 Å². The molecule has 9 aromatic rings. The lowest BCUT2D eigenvalue weighted by Gasteiger charge is -2.32.